The number of piperidine rings is 1. The van der Waals surface area contributed by atoms with Gasteiger partial charge in [0.2, 0.25) is 0 Å². The third kappa shape index (κ3) is 4.63. The lowest BCUT2D eigenvalue weighted by molar-refractivity contribution is 0.389. The summed E-state index contributed by atoms with van der Waals surface area (Å²) < 4.78 is 0. The first-order valence-electron chi connectivity index (χ1n) is 7.82. The summed E-state index contributed by atoms with van der Waals surface area (Å²) in [5.41, 5.74) is 2.92. The van der Waals surface area contributed by atoms with Gasteiger partial charge < -0.3 is 10.6 Å². The van der Waals surface area contributed by atoms with Crippen molar-refractivity contribution in [3.63, 3.8) is 0 Å². The molecule has 0 aromatic heterocycles. The van der Waals surface area contributed by atoms with Crippen LogP contribution in [0.3, 0.4) is 0 Å². The van der Waals surface area contributed by atoms with Crippen LogP contribution in [-0.2, 0) is 6.42 Å². The van der Waals surface area contributed by atoms with Crippen LogP contribution in [0.25, 0.3) is 0 Å². The van der Waals surface area contributed by atoms with Gasteiger partial charge in [0.05, 0.1) is 0 Å². The van der Waals surface area contributed by atoms with E-state index in [1.807, 2.05) is 0 Å². The second kappa shape index (κ2) is 7.66. The fourth-order valence-corrected chi connectivity index (χ4v) is 2.70. The number of hydrogen-bond donors (Lipinski definition) is 2. The molecule has 0 bridgehead atoms. The summed E-state index contributed by atoms with van der Waals surface area (Å²) in [6, 6.07) is 9.92. The number of hydrogen-bond acceptors (Lipinski definition) is 2. The second-order valence-corrected chi connectivity index (χ2v) is 5.78. The van der Waals surface area contributed by atoms with E-state index in [0.717, 1.165) is 19.0 Å². The Kier molecular flexibility index (Phi) is 5.87. The highest BCUT2D eigenvalue weighted by Crippen LogP contribution is 2.18. The van der Waals surface area contributed by atoms with Gasteiger partial charge in [-0.15, -0.1) is 0 Å². The first-order chi connectivity index (χ1) is 9.29. The summed E-state index contributed by atoms with van der Waals surface area (Å²) in [4.78, 5) is 0. The lowest BCUT2D eigenvalue weighted by atomic mass is 9.97. The molecule has 2 heteroatoms. The SMILES string of the molecule is CCC(C)c1ccc(CCNC2CCNCC2)cc1. The molecule has 1 fully saturated rings. The molecule has 106 valence electrons. The van der Waals surface area contributed by atoms with E-state index in [2.05, 4.69) is 48.7 Å². The summed E-state index contributed by atoms with van der Waals surface area (Å²) in [6.45, 7) is 7.99. The highest BCUT2D eigenvalue weighted by Gasteiger charge is 2.11. The summed E-state index contributed by atoms with van der Waals surface area (Å²) in [5, 5.41) is 7.08. The van der Waals surface area contributed by atoms with Crippen molar-refractivity contribution >= 4 is 0 Å². The van der Waals surface area contributed by atoms with Crippen LogP contribution in [0.4, 0.5) is 0 Å². The van der Waals surface area contributed by atoms with E-state index in [9.17, 15) is 0 Å². The van der Waals surface area contributed by atoms with Crippen LogP contribution in [0.5, 0.6) is 0 Å². The van der Waals surface area contributed by atoms with Gasteiger partial charge in [-0.2, -0.15) is 0 Å². The average molecular weight is 260 g/mol. The van der Waals surface area contributed by atoms with Gasteiger partial charge in [0, 0.05) is 6.04 Å². The van der Waals surface area contributed by atoms with E-state index in [0.29, 0.717) is 5.92 Å². The Bertz CT molecular complexity index is 352. The lowest BCUT2D eigenvalue weighted by Gasteiger charge is -2.23. The van der Waals surface area contributed by atoms with Crippen LogP contribution in [0, 0.1) is 0 Å². The largest absolute Gasteiger partial charge is 0.317 e. The van der Waals surface area contributed by atoms with Gasteiger partial charge in [-0.1, -0.05) is 38.1 Å². The van der Waals surface area contributed by atoms with Gasteiger partial charge >= 0.3 is 0 Å². The zero-order valence-electron chi connectivity index (χ0n) is 12.4. The highest BCUT2D eigenvalue weighted by atomic mass is 15.0. The maximum atomic E-state index is 3.68. The topological polar surface area (TPSA) is 24.1 Å². The molecule has 0 radical (unpaired) electrons. The Labute approximate surface area is 118 Å². The molecule has 0 amide bonds. The third-order valence-electron chi connectivity index (χ3n) is 4.35. The summed E-state index contributed by atoms with van der Waals surface area (Å²) in [5.74, 6) is 0.682. The van der Waals surface area contributed by atoms with Crippen molar-refractivity contribution in [3.8, 4) is 0 Å². The molecule has 0 aliphatic carbocycles. The number of benzene rings is 1. The lowest BCUT2D eigenvalue weighted by Crippen LogP contribution is -2.40. The van der Waals surface area contributed by atoms with Crippen molar-refractivity contribution in [1.82, 2.24) is 10.6 Å². The Morgan fingerprint density at radius 3 is 2.53 bits per heavy atom. The molecule has 2 nitrogen and oxygen atoms in total. The first kappa shape index (κ1) is 14.5. The Hall–Kier alpha value is -0.860. The Morgan fingerprint density at radius 2 is 1.89 bits per heavy atom. The highest BCUT2D eigenvalue weighted by molar-refractivity contribution is 5.25. The minimum absolute atomic E-state index is 0.682. The van der Waals surface area contributed by atoms with E-state index >= 15 is 0 Å². The van der Waals surface area contributed by atoms with E-state index in [1.54, 1.807) is 0 Å². The van der Waals surface area contributed by atoms with Crippen molar-refractivity contribution in [2.75, 3.05) is 19.6 Å². The molecular weight excluding hydrogens is 232 g/mol. The first-order valence-corrected chi connectivity index (χ1v) is 7.82. The fraction of sp³-hybridized carbons (Fsp3) is 0.647. The zero-order chi connectivity index (χ0) is 13.5. The van der Waals surface area contributed by atoms with Gasteiger partial charge in [-0.05, 0) is 62.4 Å². The molecule has 1 saturated heterocycles. The predicted octanol–water partition coefficient (Wildman–Crippen LogP) is 3.08. The minimum Gasteiger partial charge on any atom is -0.317 e. The molecule has 1 heterocycles. The molecule has 0 spiro atoms. The summed E-state index contributed by atoms with van der Waals surface area (Å²) >= 11 is 0. The van der Waals surface area contributed by atoms with E-state index < -0.39 is 0 Å². The molecule has 1 atom stereocenters. The van der Waals surface area contributed by atoms with Crippen LogP contribution in [0.1, 0.15) is 50.2 Å². The molecule has 1 unspecified atom stereocenters. The Morgan fingerprint density at radius 1 is 1.21 bits per heavy atom. The van der Waals surface area contributed by atoms with Crippen molar-refractivity contribution in [2.24, 2.45) is 0 Å². The second-order valence-electron chi connectivity index (χ2n) is 5.78. The summed E-state index contributed by atoms with van der Waals surface area (Å²) in [7, 11) is 0. The fourth-order valence-electron chi connectivity index (χ4n) is 2.70. The molecule has 1 aromatic rings. The quantitative estimate of drug-likeness (QED) is 0.821. The van der Waals surface area contributed by atoms with Gasteiger partial charge in [0.25, 0.3) is 0 Å². The van der Waals surface area contributed by atoms with E-state index in [4.69, 9.17) is 0 Å². The van der Waals surface area contributed by atoms with Crippen molar-refractivity contribution in [1.29, 1.82) is 0 Å². The number of rotatable bonds is 6. The third-order valence-corrected chi connectivity index (χ3v) is 4.35. The standard InChI is InChI=1S/C17H28N2/c1-3-14(2)16-6-4-15(5-7-16)8-13-19-17-9-11-18-12-10-17/h4-7,14,17-19H,3,8-13H2,1-2H3. The maximum Gasteiger partial charge on any atom is 0.00913 e. The maximum absolute atomic E-state index is 3.68. The van der Waals surface area contributed by atoms with Crippen LogP contribution >= 0.6 is 0 Å². The van der Waals surface area contributed by atoms with Gasteiger partial charge in [0.15, 0.2) is 0 Å². The van der Waals surface area contributed by atoms with Crippen LogP contribution in [0.2, 0.25) is 0 Å². The minimum atomic E-state index is 0.682. The van der Waals surface area contributed by atoms with Crippen molar-refractivity contribution in [2.45, 2.75) is 51.5 Å². The molecule has 1 aliphatic rings. The normalized spacial score (nSPS) is 18.4. The predicted molar refractivity (Wildman–Crippen MR) is 82.7 cm³/mol. The van der Waals surface area contributed by atoms with Crippen molar-refractivity contribution in [3.05, 3.63) is 35.4 Å². The smallest absolute Gasteiger partial charge is 0.00913 e. The average Bonchev–Trinajstić information content (AvgIpc) is 2.48. The molecular formula is C17H28N2. The Balaban J connectivity index is 1.73. The van der Waals surface area contributed by atoms with Gasteiger partial charge in [0.1, 0.15) is 0 Å². The van der Waals surface area contributed by atoms with Crippen LogP contribution < -0.4 is 10.6 Å². The summed E-state index contributed by atoms with van der Waals surface area (Å²) in [6.07, 6.45) is 4.90. The van der Waals surface area contributed by atoms with Crippen LogP contribution in [-0.4, -0.2) is 25.7 Å². The molecule has 2 N–H and O–H groups in total. The monoisotopic (exact) mass is 260 g/mol. The van der Waals surface area contributed by atoms with E-state index in [1.165, 1.54) is 43.5 Å². The number of nitrogens with one attached hydrogen (secondary N) is 2. The molecule has 1 aliphatic heterocycles. The molecule has 1 aromatic carbocycles. The van der Waals surface area contributed by atoms with Gasteiger partial charge in [-0.3, -0.25) is 0 Å². The zero-order valence-corrected chi connectivity index (χ0v) is 12.4. The van der Waals surface area contributed by atoms with E-state index in [-0.39, 0.29) is 0 Å². The molecule has 0 saturated carbocycles. The van der Waals surface area contributed by atoms with Crippen LogP contribution in [0.15, 0.2) is 24.3 Å². The van der Waals surface area contributed by atoms with Crippen molar-refractivity contribution < 1.29 is 0 Å². The molecule has 2 rings (SSSR count). The molecule has 19 heavy (non-hydrogen) atoms. The van der Waals surface area contributed by atoms with Gasteiger partial charge in [-0.25, -0.2) is 0 Å².